The lowest BCUT2D eigenvalue weighted by atomic mass is 10.1. The van der Waals surface area contributed by atoms with Gasteiger partial charge < -0.3 is 14.4 Å². The van der Waals surface area contributed by atoms with Gasteiger partial charge in [-0.15, -0.1) is 0 Å². The van der Waals surface area contributed by atoms with E-state index in [0.29, 0.717) is 46.9 Å². The van der Waals surface area contributed by atoms with E-state index in [9.17, 15) is 9.59 Å². The topological polar surface area (TPSA) is 73.7 Å². The molecule has 7 nitrogen and oxygen atoms in total. The summed E-state index contributed by atoms with van der Waals surface area (Å²) in [5, 5.41) is 2.52. The normalized spacial score (nSPS) is 12.0. The highest BCUT2D eigenvalue weighted by atomic mass is 16.5. The smallest absolute Gasteiger partial charge is 0.266 e. The van der Waals surface area contributed by atoms with E-state index in [-0.39, 0.29) is 11.5 Å². The van der Waals surface area contributed by atoms with Crippen LogP contribution in [0.4, 0.5) is 0 Å². The fourth-order valence-corrected chi connectivity index (χ4v) is 4.93. The fraction of sp³-hybridized carbons (Fsp3) is 0.219. The minimum absolute atomic E-state index is 0.171. The molecule has 39 heavy (non-hydrogen) atoms. The summed E-state index contributed by atoms with van der Waals surface area (Å²) in [6, 6.07) is 26.0. The first-order chi connectivity index (χ1) is 18.9. The number of rotatable bonds is 8. The van der Waals surface area contributed by atoms with Crippen molar-refractivity contribution in [2.45, 2.75) is 19.9 Å². The third kappa shape index (κ3) is 5.01. The summed E-state index contributed by atoms with van der Waals surface area (Å²) in [7, 11) is 3.18. The zero-order chi connectivity index (χ0) is 27.5. The second-order valence-corrected chi connectivity index (χ2v) is 9.53. The highest BCUT2D eigenvalue weighted by molar-refractivity contribution is 5.98. The number of hydrogen-bond acceptors (Lipinski definition) is 5. The Bertz CT molecular complexity index is 1730. The van der Waals surface area contributed by atoms with Gasteiger partial charge in [0.1, 0.15) is 11.6 Å². The van der Waals surface area contributed by atoms with Gasteiger partial charge in [0, 0.05) is 19.2 Å². The molecule has 4 aromatic carbocycles. The van der Waals surface area contributed by atoms with Crippen molar-refractivity contribution in [1.82, 2.24) is 14.5 Å². The molecule has 1 atom stereocenters. The highest BCUT2D eigenvalue weighted by Crippen LogP contribution is 2.29. The summed E-state index contributed by atoms with van der Waals surface area (Å²) in [4.78, 5) is 34.7. The molecule has 0 aliphatic rings. The van der Waals surface area contributed by atoms with Crippen LogP contribution in [0.25, 0.3) is 27.4 Å². The van der Waals surface area contributed by atoms with Gasteiger partial charge in [0.15, 0.2) is 0 Å². The standard InChI is InChI=1S/C32H31N3O4/c1-21-13-16-29(39-4)28(19-21)35-30(33-27-12-8-7-11-26(27)32(35)37)22(2)34(17-18-38-3)31(36)25-15-14-23-9-5-6-10-24(23)20-25/h5-16,19-20,22H,17-18H2,1-4H3. The van der Waals surface area contributed by atoms with Gasteiger partial charge >= 0.3 is 0 Å². The molecule has 0 N–H and O–H groups in total. The van der Waals surface area contributed by atoms with Crippen molar-refractivity contribution in [3.05, 3.63) is 112 Å². The Labute approximate surface area is 227 Å². The summed E-state index contributed by atoms with van der Waals surface area (Å²) in [6.07, 6.45) is 0. The molecule has 0 radical (unpaired) electrons. The van der Waals surface area contributed by atoms with Gasteiger partial charge in [-0.1, -0.05) is 48.5 Å². The number of methoxy groups -OCH3 is 2. The number of benzene rings is 4. The first-order valence-corrected chi connectivity index (χ1v) is 12.9. The molecule has 5 aromatic rings. The Morgan fingerprint density at radius 3 is 2.46 bits per heavy atom. The van der Waals surface area contributed by atoms with Crippen LogP contribution in [0.3, 0.4) is 0 Å². The van der Waals surface area contributed by atoms with E-state index in [0.717, 1.165) is 16.3 Å². The van der Waals surface area contributed by atoms with Crippen LogP contribution >= 0.6 is 0 Å². The Kier molecular flexibility index (Phi) is 7.43. The minimum atomic E-state index is -0.568. The number of hydrogen-bond donors (Lipinski definition) is 0. The number of carbonyl (C=O) groups excluding carboxylic acids is 1. The molecular weight excluding hydrogens is 490 g/mol. The van der Waals surface area contributed by atoms with Crippen molar-refractivity contribution in [3.8, 4) is 11.4 Å². The predicted molar refractivity (Wildman–Crippen MR) is 154 cm³/mol. The van der Waals surface area contributed by atoms with Gasteiger partial charge in [0.05, 0.1) is 36.3 Å². The molecule has 0 spiro atoms. The van der Waals surface area contributed by atoms with Crippen molar-refractivity contribution in [2.75, 3.05) is 27.4 Å². The van der Waals surface area contributed by atoms with Crippen molar-refractivity contribution < 1.29 is 14.3 Å². The monoisotopic (exact) mass is 521 g/mol. The van der Waals surface area contributed by atoms with E-state index in [4.69, 9.17) is 14.5 Å². The quantitative estimate of drug-likeness (QED) is 0.262. The Balaban J connectivity index is 1.70. The molecule has 198 valence electrons. The van der Waals surface area contributed by atoms with E-state index in [1.165, 1.54) is 0 Å². The molecule has 0 aliphatic carbocycles. The molecule has 1 unspecified atom stereocenters. The second kappa shape index (κ2) is 11.1. The van der Waals surface area contributed by atoms with Gasteiger partial charge in [0.2, 0.25) is 0 Å². The molecule has 0 bridgehead atoms. The number of aryl methyl sites for hydroxylation is 1. The van der Waals surface area contributed by atoms with Crippen LogP contribution in [-0.4, -0.2) is 47.7 Å². The van der Waals surface area contributed by atoms with Crippen molar-refractivity contribution in [2.24, 2.45) is 0 Å². The van der Waals surface area contributed by atoms with Gasteiger partial charge in [-0.05, 0) is 66.6 Å². The summed E-state index contributed by atoms with van der Waals surface area (Å²) >= 11 is 0. The molecule has 0 saturated carbocycles. The van der Waals surface area contributed by atoms with Crippen LogP contribution in [0.5, 0.6) is 5.75 Å². The van der Waals surface area contributed by atoms with E-state index in [2.05, 4.69) is 0 Å². The van der Waals surface area contributed by atoms with Crippen molar-refractivity contribution in [3.63, 3.8) is 0 Å². The van der Waals surface area contributed by atoms with Crippen LogP contribution in [0, 0.1) is 6.92 Å². The van der Waals surface area contributed by atoms with Gasteiger partial charge in [0.25, 0.3) is 11.5 Å². The lowest BCUT2D eigenvalue weighted by Gasteiger charge is -2.31. The molecule has 5 rings (SSSR count). The first-order valence-electron chi connectivity index (χ1n) is 12.9. The molecule has 1 amide bonds. The molecule has 0 fully saturated rings. The summed E-state index contributed by atoms with van der Waals surface area (Å²) in [6.45, 7) is 4.50. The average molecular weight is 522 g/mol. The molecule has 7 heteroatoms. The number of amides is 1. The van der Waals surface area contributed by atoms with E-state index >= 15 is 0 Å². The van der Waals surface area contributed by atoms with E-state index in [1.807, 2.05) is 92.7 Å². The van der Waals surface area contributed by atoms with Gasteiger partial charge in [-0.3, -0.25) is 14.2 Å². The second-order valence-electron chi connectivity index (χ2n) is 9.53. The number of nitrogens with zero attached hydrogens (tertiary/aromatic N) is 3. The molecule has 1 aromatic heterocycles. The summed E-state index contributed by atoms with van der Waals surface area (Å²) < 4.78 is 12.6. The number of para-hydroxylation sites is 1. The number of ether oxygens (including phenoxy) is 2. The largest absolute Gasteiger partial charge is 0.495 e. The maximum atomic E-state index is 14.0. The predicted octanol–water partition coefficient (Wildman–Crippen LogP) is 5.71. The van der Waals surface area contributed by atoms with Crippen LogP contribution in [0.2, 0.25) is 0 Å². The molecule has 0 aliphatic heterocycles. The van der Waals surface area contributed by atoms with Gasteiger partial charge in [-0.2, -0.15) is 0 Å². The average Bonchev–Trinajstić information content (AvgIpc) is 2.96. The first kappa shape index (κ1) is 26.1. The Morgan fingerprint density at radius 2 is 1.69 bits per heavy atom. The minimum Gasteiger partial charge on any atom is -0.495 e. The molecule has 1 heterocycles. The summed E-state index contributed by atoms with van der Waals surface area (Å²) in [5.41, 5.74) is 2.44. The van der Waals surface area contributed by atoms with Crippen molar-refractivity contribution >= 4 is 27.6 Å². The maximum Gasteiger partial charge on any atom is 0.266 e. The highest BCUT2D eigenvalue weighted by Gasteiger charge is 2.28. The lowest BCUT2D eigenvalue weighted by Crippen LogP contribution is -2.39. The molecular formula is C32H31N3O4. The lowest BCUT2D eigenvalue weighted by molar-refractivity contribution is 0.0605. The SMILES string of the molecule is COCCN(C(=O)c1ccc2ccccc2c1)C(C)c1nc2ccccc2c(=O)n1-c1cc(C)ccc1OC. The van der Waals surface area contributed by atoms with Crippen LogP contribution in [0.15, 0.2) is 89.7 Å². The number of carbonyl (C=O) groups is 1. The third-order valence-electron chi connectivity index (χ3n) is 7.01. The van der Waals surface area contributed by atoms with E-state index < -0.39 is 6.04 Å². The van der Waals surface area contributed by atoms with Crippen LogP contribution in [-0.2, 0) is 4.74 Å². The maximum absolute atomic E-state index is 14.0. The van der Waals surface area contributed by atoms with Gasteiger partial charge in [-0.25, -0.2) is 4.98 Å². The number of fused-ring (bicyclic) bond motifs is 2. The number of aromatic nitrogens is 2. The van der Waals surface area contributed by atoms with Crippen LogP contribution < -0.4 is 10.3 Å². The van der Waals surface area contributed by atoms with Crippen LogP contribution in [0.1, 0.15) is 34.7 Å². The Morgan fingerprint density at radius 1 is 0.949 bits per heavy atom. The Hall–Kier alpha value is -4.49. The zero-order valence-corrected chi connectivity index (χ0v) is 22.5. The van der Waals surface area contributed by atoms with Crippen molar-refractivity contribution in [1.29, 1.82) is 0 Å². The van der Waals surface area contributed by atoms with E-state index in [1.54, 1.807) is 29.8 Å². The summed E-state index contributed by atoms with van der Waals surface area (Å²) in [5.74, 6) is 0.806. The zero-order valence-electron chi connectivity index (χ0n) is 22.5. The molecule has 0 saturated heterocycles. The third-order valence-corrected chi connectivity index (χ3v) is 7.01. The fourth-order valence-electron chi connectivity index (χ4n) is 4.93.